The maximum atomic E-state index is 11.9. The van der Waals surface area contributed by atoms with Gasteiger partial charge in [0.05, 0.1) is 0 Å². The monoisotopic (exact) mass is 289 g/mol. The van der Waals surface area contributed by atoms with Crippen molar-refractivity contribution in [3.63, 3.8) is 0 Å². The fourth-order valence-corrected chi connectivity index (χ4v) is 2.70. The predicted molar refractivity (Wildman–Crippen MR) is 88.6 cm³/mol. The Morgan fingerprint density at radius 2 is 1.71 bits per heavy atom. The lowest BCUT2D eigenvalue weighted by atomic mass is 10.0. The van der Waals surface area contributed by atoms with Gasteiger partial charge in [-0.15, -0.1) is 0 Å². The fourth-order valence-electron chi connectivity index (χ4n) is 2.70. The molecule has 4 heteroatoms. The Hall–Kier alpha value is -1.55. The van der Waals surface area contributed by atoms with E-state index in [2.05, 4.69) is 22.3 Å². The van der Waals surface area contributed by atoms with E-state index in [-0.39, 0.29) is 5.91 Å². The molecule has 1 aliphatic rings. The number of benzene rings is 1. The Balaban J connectivity index is 1.93. The second-order valence-electron chi connectivity index (χ2n) is 6.66. The van der Waals surface area contributed by atoms with E-state index >= 15 is 0 Å². The zero-order chi connectivity index (χ0) is 15.3. The first-order valence-electron chi connectivity index (χ1n) is 7.88. The van der Waals surface area contributed by atoms with Crippen molar-refractivity contribution in [2.24, 2.45) is 5.73 Å². The Kier molecular flexibility index (Phi) is 5.23. The molecule has 1 aromatic rings. The van der Waals surface area contributed by atoms with E-state index in [4.69, 9.17) is 5.73 Å². The van der Waals surface area contributed by atoms with Crippen LogP contribution in [0.5, 0.6) is 0 Å². The molecule has 1 heterocycles. The summed E-state index contributed by atoms with van der Waals surface area (Å²) in [5.74, 6) is -0.0370. The van der Waals surface area contributed by atoms with Gasteiger partial charge in [0.15, 0.2) is 0 Å². The molecule has 1 aliphatic heterocycles. The average Bonchev–Trinajstić information content (AvgIpc) is 2.66. The summed E-state index contributed by atoms with van der Waals surface area (Å²) >= 11 is 0. The van der Waals surface area contributed by atoms with E-state index in [0.717, 1.165) is 18.8 Å². The van der Waals surface area contributed by atoms with E-state index in [9.17, 15) is 4.79 Å². The molecule has 4 nitrogen and oxygen atoms in total. The molecule has 1 fully saturated rings. The number of nitrogens with zero attached hydrogens (tertiary/aromatic N) is 1. The van der Waals surface area contributed by atoms with Crippen LogP contribution in [0.2, 0.25) is 0 Å². The van der Waals surface area contributed by atoms with Crippen LogP contribution in [-0.2, 0) is 4.79 Å². The summed E-state index contributed by atoms with van der Waals surface area (Å²) in [5.41, 5.74) is 7.46. The Morgan fingerprint density at radius 3 is 2.24 bits per heavy atom. The second kappa shape index (κ2) is 6.94. The second-order valence-corrected chi connectivity index (χ2v) is 6.66. The third kappa shape index (κ3) is 5.38. The molecular formula is C17H27N3O. The zero-order valence-electron chi connectivity index (χ0n) is 13.2. The van der Waals surface area contributed by atoms with Crippen molar-refractivity contribution in [3.05, 3.63) is 24.3 Å². The van der Waals surface area contributed by atoms with Gasteiger partial charge in [0.2, 0.25) is 5.91 Å². The molecule has 1 aromatic carbocycles. The van der Waals surface area contributed by atoms with Crippen molar-refractivity contribution >= 4 is 17.3 Å². The molecule has 1 saturated heterocycles. The van der Waals surface area contributed by atoms with Crippen LogP contribution in [0.25, 0.3) is 0 Å². The normalized spacial score (nSPS) is 16.4. The molecular weight excluding hydrogens is 262 g/mol. The molecule has 0 unspecified atom stereocenters. The van der Waals surface area contributed by atoms with Gasteiger partial charge in [-0.05, 0) is 51.0 Å². The van der Waals surface area contributed by atoms with Gasteiger partial charge in [0, 0.05) is 36.4 Å². The first kappa shape index (κ1) is 15.8. The van der Waals surface area contributed by atoms with E-state index < -0.39 is 5.54 Å². The molecule has 0 radical (unpaired) electrons. The molecule has 0 bridgehead atoms. The summed E-state index contributed by atoms with van der Waals surface area (Å²) < 4.78 is 0. The van der Waals surface area contributed by atoms with Gasteiger partial charge in [-0.1, -0.05) is 12.8 Å². The Labute approximate surface area is 127 Å². The molecule has 0 aromatic heterocycles. The van der Waals surface area contributed by atoms with Crippen LogP contribution in [0.15, 0.2) is 24.3 Å². The molecule has 116 valence electrons. The molecule has 0 saturated carbocycles. The van der Waals surface area contributed by atoms with Crippen molar-refractivity contribution in [3.8, 4) is 0 Å². The molecule has 2 rings (SSSR count). The highest BCUT2D eigenvalue weighted by Crippen LogP contribution is 2.21. The maximum absolute atomic E-state index is 11.9. The minimum Gasteiger partial charge on any atom is -0.372 e. The van der Waals surface area contributed by atoms with Gasteiger partial charge in [0.25, 0.3) is 0 Å². The number of carbonyl (C=O) groups excluding carboxylic acids is 1. The number of anilines is 2. The van der Waals surface area contributed by atoms with Gasteiger partial charge in [-0.2, -0.15) is 0 Å². The minimum atomic E-state index is -0.476. The SMILES string of the molecule is CC(C)(N)CC(=O)Nc1ccc(N2CCCCCC2)cc1. The third-order valence-corrected chi connectivity index (χ3v) is 3.74. The Morgan fingerprint density at radius 1 is 1.14 bits per heavy atom. The zero-order valence-corrected chi connectivity index (χ0v) is 13.2. The third-order valence-electron chi connectivity index (χ3n) is 3.74. The van der Waals surface area contributed by atoms with E-state index in [1.54, 1.807) is 0 Å². The van der Waals surface area contributed by atoms with Crippen molar-refractivity contribution in [2.45, 2.75) is 51.5 Å². The van der Waals surface area contributed by atoms with Gasteiger partial charge in [-0.25, -0.2) is 0 Å². The van der Waals surface area contributed by atoms with Gasteiger partial charge in [-0.3, -0.25) is 4.79 Å². The lowest BCUT2D eigenvalue weighted by Crippen LogP contribution is -2.36. The van der Waals surface area contributed by atoms with Crippen LogP contribution in [0.3, 0.4) is 0 Å². The topological polar surface area (TPSA) is 58.4 Å². The number of nitrogens with two attached hydrogens (primary N) is 1. The van der Waals surface area contributed by atoms with Crippen molar-refractivity contribution in [2.75, 3.05) is 23.3 Å². The summed E-state index contributed by atoms with van der Waals surface area (Å²) in [6.07, 6.45) is 5.52. The van der Waals surface area contributed by atoms with E-state index in [1.165, 1.54) is 31.4 Å². The van der Waals surface area contributed by atoms with Crippen molar-refractivity contribution in [1.82, 2.24) is 0 Å². The van der Waals surface area contributed by atoms with Crippen LogP contribution in [-0.4, -0.2) is 24.5 Å². The van der Waals surface area contributed by atoms with Crippen LogP contribution < -0.4 is 16.0 Å². The minimum absolute atomic E-state index is 0.0370. The molecule has 0 spiro atoms. The largest absolute Gasteiger partial charge is 0.372 e. The number of hydrogen-bond donors (Lipinski definition) is 2. The number of rotatable bonds is 4. The molecule has 3 N–H and O–H groups in total. The van der Waals surface area contributed by atoms with Crippen LogP contribution >= 0.6 is 0 Å². The number of amides is 1. The molecule has 0 aliphatic carbocycles. The Bertz CT molecular complexity index is 454. The summed E-state index contributed by atoms with van der Waals surface area (Å²) in [4.78, 5) is 14.3. The van der Waals surface area contributed by atoms with Gasteiger partial charge >= 0.3 is 0 Å². The first-order chi connectivity index (χ1) is 9.94. The highest BCUT2D eigenvalue weighted by Gasteiger charge is 2.16. The summed E-state index contributed by atoms with van der Waals surface area (Å²) in [5, 5.41) is 2.90. The average molecular weight is 289 g/mol. The van der Waals surface area contributed by atoms with Crippen LogP contribution in [0, 0.1) is 0 Å². The fraction of sp³-hybridized carbons (Fsp3) is 0.588. The summed E-state index contributed by atoms with van der Waals surface area (Å²) in [6, 6.07) is 8.13. The van der Waals surface area contributed by atoms with Gasteiger partial charge < -0.3 is 16.0 Å². The van der Waals surface area contributed by atoms with Crippen LogP contribution in [0.1, 0.15) is 46.0 Å². The molecule has 0 atom stereocenters. The smallest absolute Gasteiger partial charge is 0.226 e. The van der Waals surface area contributed by atoms with Crippen molar-refractivity contribution < 1.29 is 4.79 Å². The molecule has 21 heavy (non-hydrogen) atoms. The maximum Gasteiger partial charge on any atom is 0.226 e. The summed E-state index contributed by atoms with van der Waals surface area (Å²) in [6.45, 7) is 5.98. The van der Waals surface area contributed by atoms with E-state index in [0.29, 0.717) is 6.42 Å². The summed E-state index contributed by atoms with van der Waals surface area (Å²) in [7, 11) is 0. The number of nitrogens with one attached hydrogen (secondary N) is 1. The number of hydrogen-bond acceptors (Lipinski definition) is 3. The van der Waals surface area contributed by atoms with Crippen molar-refractivity contribution in [1.29, 1.82) is 0 Å². The van der Waals surface area contributed by atoms with Gasteiger partial charge in [0.1, 0.15) is 0 Å². The molecule has 1 amide bonds. The number of carbonyl (C=O) groups is 1. The lowest BCUT2D eigenvalue weighted by molar-refractivity contribution is -0.117. The highest BCUT2D eigenvalue weighted by atomic mass is 16.1. The highest BCUT2D eigenvalue weighted by molar-refractivity contribution is 5.91. The predicted octanol–water partition coefficient (Wildman–Crippen LogP) is 3.13. The lowest BCUT2D eigenvalue weighted by Gasteiger charge is -2.23. The first-order valence-corrected chi connectivity index (χ1v) is 7.88. The van der Waals surface area contributed by atoms with E-state index in [1.807, 2.05) is 26.0 Å². The quantitative estimate of drug-likeness (QED) is 0.895. The standard InChI is InChI=1S/C17H27N3O/c1-17(2,18)13-16(21)19-14-7-9-15(10-8-14)20-11-5-3-4-6-12-20/h7-10H,3-6,11-13,18H2,1-2H3,(H,19,21). The van der Waals surface area contributed by atoms with Crippen LogP contribution in [0.4, 0.5) is 11.4 Å².